The number of hydrogen-bond acceptors (Lipinski definition) is 2. The van der Waals surface area contributed by atoms with Gasteiger partial charge in [-0.25, -0.2) is 0 Å². The highest BCUT2D eigenvalue weighted by atomic mass is 16.5. The highest BCUT2D eigenvalue weighted by Crippen LogP contribution is 2.24. The molecule has 0 spiro atoms. The molecule has 0 amide bonds. The van der Waals surface area contributed by atoms with Crippen LogP contribution in [0.1, 0.15) is 219 Å². The number of hydrogen-bond donors (Lipinski definition) is 0. The summed E-state index contributed by atoms with van der Waals surface area (Å²) in [4.78, 5) is 12.0. The van der Waals surface area contributed by atoms with Crippen LogP contribution in [0.4, 0.5) is 0 Å². The van der Waals surface area contributed by atoms with Gasteiger partial charge in [-0.05, 0) is 19.3 Å². The van der Waals surface area contributed by atoms with E-state index in [1.165, 1.54) is 193 Å². The zero-order valence-corrected chi connectivity index (χ0v) is 26.9. The Kier molecular flexibility index (Phi) is 28.5. The summed E-state index contributed by atoms with van der Waals surface area (Å²) in [5, 5.41) is 0. The maximum atomic E-state index is 12.0. The summed E-state index contributed by atoms with van der Waals surface area (Å²) in [6.45, 7) is 2.95. The molecular weight excluding hydrogens is 476 g/mol. The zero-order chi connectivity index (χ0) is 27.9. The first-order valence-corrected chi connectivity index (χ1v) is 18.5. The van der Waals surface area contributed by atoms with Gasteiger partial charge in [0.25, 0.3) is 0 Å². The van der Waals surface area contributed by atoms with Crippen molar-refractivity contribution in [3.8, 4) is 0 Å². The van der Waals surface area contributed by atoms with Crippen molar-refractivity contribution in [1.82, 2.24) is 0 Å². The van der Waals surface area contributed by atoms with Crippen LogP contribution in [0.2, 0.25) is 0 Å². The lowest BCUT2D eigenvalue weighted by Gasteiger charge is -2.19. The van der Waals surface area contributed by atoms with Gasteiger partial charge < -0.3 is 4.74 Å². The van der Waals surface area contributed by atoms with Crippen LogP contribution in [0.3, 0.4) is 0 Å². The minimum absolute atomic E-state index is 0.0831. The Hall–Kier alpha value is -0.530. The van der Waals surface area contributed by atoms with Crippen LogP contribution in [0.5, 0.6) is 0 Å². The fourth-order valence-electron chi connectivity index (χ4n) is 6.40. The van der Waals surface area contributed by atoms with E-state index in [0.29, 0.717) is 6.61 Å². The topological polar surface area (TPSA) is 26.3 Å². The van der Waals surface area contributed by atoms with Gasteiger partial charge in [0, 0.05) is 0 Å². The van der Waals surface area contributed by atoms with Gasteiger partial charge in [0.2, 0.25) is 0 Å². The lowest BCUT2D eigenvalue weighted by Crippen LogP contribution is -2.20. The molecule has 232 valence electrons. The molecule has 0 aromatic rings. The van der Waals surface area contributed by atoms with Crippen molar-refractivity contribution in [2.75, 3.05) is 6.61 Å². The first-order valence-electron chi connectivity index (χ1n) is 18.5. The van der Waals surface area contributed by atoms with E-state index < -0.39 is 0 Å². The number of unbranched alkanes of at least 4 members (excludes halogenated alkanes) is 27. The second-order valence-electron chi connectivity index (χ2n) is 13.0. The average molecular weight is 549 g/mol. The van der Waals surface area contributed by atoms with Crippen molar-refractivity contribution in [2.45, 2.75) is 219 Å². The van der Waals surface area contributed by atoms with Crippen LogP contribution in [0.25, 0.3) is 0 Å². The fraction of sp³-hybridized carbons (Fsp3) is 0.973. The Morgan fingerprint density at radius 1 is 0.436 bits per heavy atom. The van der Waals surface area contributed by atoms with Crippen molar-refractivity contribution in [3.05, 3.63) is 0 Å². The van der Waals surface area contributed by atoms with Gasteiger partial charge in [-0.1, -0.05) is 200 Å². The van der Waals surface area contributed by atoms with E-state index in [2.05, 4.69) is 6.92 Å². The Balaban J connectivity index is 1.64. The lowest BCUT2D eigenvalue weighted by molar-refractivity contribution is -0.149. The zero-order valence-electron chi connectivity index (χ0n) is 26.9. The van der Waals surface area contributed by atoms with Crippen molar-refractivity contribution < 1.29 is 9.53 Å². The normalized spacial score (nSPS) is 14.2. The van der Waals surface area contributed by atoms with Crippen LogP contribution < -0.4 is 0 Å². The molecule has 0 bridgehead atoms. The predicted molar refractivity (Wildman–Crippen MR) is 172 cm³/mol. The van der Waals surface area contributed by atoms with E-state index in [9.17, 15) is 4.79 Å². The number of carbonyl (C=O) groups excluding carboxylic acids is 1. The molecule has 2 nitrogen and oxygen atoms in total. The molecule has 0 aliphatic heterocycles. The molecular formula is C37H72O2. The number of esters is 1. The van der Waals surface area contributed by atoms with E-state index in [0.717, 1.165) is 19.3 Å². The molecule has 1 saturated carbocycles. The Bertz CT molecular complexity index is 482. The van der Waals surface area contributed by atoms with Crippen LogP contribution in [0, 0.1) is 5.92 Å². The highest BCUT2D eigenvalue weighted by Gasteiger charge is 2.22. The number of ether oxygens (including phenoxy) is 1. The van der Waals surface area contributed by atoms with Crippen LogP contribution in [-0.2, 0) is 9.53 Å². The standard InChI is InChI=1S/C37H72O2/c1-2-3-4-5-6-7-8-9-10-11-12-13-14-15-16-17-18-19-20-21-22-23-24-25-26-27-28-32-35-39-37(38)36-33-30-29-31-34-36/h36H,2-35H2,1H3. The van der Waals surface area contributed by atoms with Crippen LogP contribution in [0.15, 0.2) is 0 Å². The molecule has 0 atom stereocenters. The molecule has 0 aromatic heterocycles. The third-order valence-corrected chi connectivity index (χ3v) is 9.18. The summed E-state index contributed by atoms with van der Waals surface area (Å²) in [6.07, 6.45) is 45.7. The second-order valence-corrected chi connectivity index (χ2v) is 13.0. The van der Waals surface area contributed by atoms with Gasteiger partial charge >= 0.3 is 5.97 Å². The molecule has 2 heteroatoms. The number of rotatable bonds is 30. The fourth-order valence-corrected chi connectivity index (χ4v) is 6.40. The molecule has 0 radical (unpaired) electrons. The highest BCUT2D eigenvalue weighted by molar-refractivity contribution is 5.72. The third-order valence-electron chi connectivity index (χ3n) is 9.18. The molecule has 0 N–H and O–H groups in total. The van der Waals surface area contributed by atoms with Gasteiger partial charge in [-0.2, -0.15) is 0 Å². The van der Waals surface area contributed by atoms with Crippen molar-refractivity contribution in [2.24, 2.45) is 5.92 Å². The molecule has 0 heterocycles. The quantitative estimate of drug-likeness (QED) is 0.0659. The van der Waals surface area contributed by atoms with Gasteiger partial charge in [-0.15, -0.1) is 0 Å². The molecule has 1 aliphatic carbocycles. The van der Waals surface area contributed by atoms with Crippen molar-refractivity contribution >= 4 is 5.97 Å². The van der Waals surface area contributed by atoms with Gasteiger partial charge in [0.1, 0.15) is 0 Å². The molecule has 1 rings (SSSR count). The summed E-state index contributed by atoms with van der Waals surface area (Å²) in [7, 11) is 0. The Labute approximate surface area is 246 Å². The van der Waals surface area contributed by atoms with Crippen LogP contribution >= 0.6 is 0 Å². The summed E-state index contributed by atoms with van der Waals surface area (Å²) in [6, 6.07) is 0. The second kappa shape index (κ2) is 30.4. The predicted octanol–water partition coefficient (Wildman–Crippen LogP) is 13.1. The largest absolute Gasteiger partial charge is 0.465 e. The van der Waals surface area contributed by atoms with E-state index in [-0.39, 0.29) is 11.9 Å². The molecule has 1 fully saturated rings. The summed E-state index contributed by atoms with van der Waals surface area (Å²) < 4.78 is 5.50. The van der Waals surface area contributed by atoms with E-state index >= 15 is 0 Å². The van der Waals surface area contributed by atoms with Crippen LogP contribution in [-0.4, -0.2) is 12.6 Å². The Morgan fingerprint density at radius 2 is 0.718 bits per heavy atom. The molecule has 0 aromatic carbocycles. The van der Waals surface area contributed by atoms with Gasteiger partial charge in [-0.3, -0.25) is 4.79 Å². The van der Waals surface area contributed by atoms with E-state index in [4.69, 9.17) is 4.74 Å². The first-order chi connectivity index (χ1) is 19.3. The molecule has 1 aliphatic rings. The van der Waals surface area contributed by atoms with Crippen molar-refractivity contribution in [3.63, 3.8) is 0 Å². The van der Waals surface area contributed by atoms with Crippen molar-refractivity contribution in [1.29, 1.82) is 0 Å². The minimum Gasteiger partial charge on any atom is -0.465 e. The lowest BCUT2D eigenvalue weighted by atomic mass is 9.89. The molecule has 0 unspecified atom stereocenters. The summed E-state index contributed by atoms with van der Waals surface area (Å²) >= 11 is 0. The smallest absolute Gasteiger partial charge is 0.308 e. The minimum atomic E-state index is 0.0831. The monoisotopic (exact) mass is 549 g/mol. The first kappa shape index (κ1) is 36.5. The van der Waals surface area contributed by atoms with E-state index in [1.54, 1.807) is 0 Å². The number of carbonyl (C=O) groups is 1. The van der Waals surface area contributed by atoms with Gasteiger partial charge in [0.15, 0.2) is 0 Å². The Morgan fingerprint density at radius 3 is 1.03 bits per heavy atom. The maximum absolute atomic E-state index is 12.0. The molecule has 39 heavy (non-hydrogen) atoms. The SMILES string of the molecule is CCCCCCCCCCCCCCCCCCCCCCCCCCCCCCOC(=O)C1CCCCC1. The van der Waals surface area contributed by atoms with E-state index in [1.807, 2.05) is 0 Å². The maximum Gasteiger partial charge on any atom is 0.308 e. The van der Waals surface area contributed by atoms with Gasteiger partial charge in [0.05, 0.1) is 12.5 Å². The average Bonchev–Trinajstić information content (AvgIpc) is 2.96. The summed E-state index contributed by atoms with van der Waals surface area (Å²) in [5.74, 6) is 0.289. The molecule has 0 saturated heterocycles. The third kappa shape index (κ3) is 26.1. The summed E-state index contributed by atoms with van der Waals surface area (Å²) in [5.41, 5.74) is 0.